The molecule has 5 heteroatoms. The molecule has 1 amide bonds. The van der Waals surface area contributed by atoms with Gasteiger partial charge in [0.05, 0.1) is 10.5 Å². The van der Waals surface area contributed by atoms with Crippen LogP contribution in [0.25, 0.3) is 0 Å². The maximum absolute atomic E-state index is 13.4. The van der Waals surface area contributed by atoms with Crippen LogP contribution in [0.4, 0.5) is 4.39 Å². The Hall–Kier alpha value is -0.940. The Morgan fingerprint density at radius 2 is 2.35 bits per heavy atom. The average molecular weight is 301 g/mol. The molecule has 1 N–H and O–H groups in total. The predicted molar refractivity (Wildman–Crippen MR) is 67.0 cm³/mol. The molecule has 0 saturated carbocycles. The molecule has 1 unspecified atom stereocenters. The van der Waals surface area contributed by atoms with Gasteiger partial charge in [0.15, 0.2) is 0 Å². The van der Waals surface area contributed by atoms with Crippen LogP contribution in [-0.4, -0.2) is 29.9 Å². The van der Waals surface area contributed by atoms with Gasteiger partial charge in [-0.1, -0.05) is 12.1 Å². The summed E-state index contributed by atoms with van der Waals surface area (Å²) in [5, 5.41) is 2.81. The summed E-state index contributed by atoms with van der Waals surface area (Å²) in [5.74, 6) is -0.236. The van der Waals surface area contributed by atoms with Crippen molar-refractivity contribution in [2.24, 2.45) is 0 Å². The normalized spacial score (nSPS) is 21.4. The molecule has 17 heavy (non-hydrogen) atoms. The number of nitrogens with zero attached hydrogens (tertiary/aromatic N) is 1. The third-order valence-electron chi connectivity index (χ3n) is 3.03. The first-order chi connectivity index (χ1) is 8.09. The second-order valence-electron chi connectivity index (χ2n) is 4.15. The van der Waals surface area contributed by atoms with Crippen LogP contribution in [0.5, 0.6) is 0 Å². The summed E-state index contributed by atoms with van der Waals surface area (Å²) in [6.45, 7) is 3.88. The van der Waals surface area contributed by atoms with E-state index in [1.807, 2.05) is 17.9 Å². The van der Waals surface area contributed by atoms with Crippen LogP contribution in [0.2, 0.25) is 0 Å². The van der Waals surface area contributed by atoms with Crippen molar-refractivity contribution in [1.82, 2.24) is 10.2 Å². The van der Waals surface area contributed by atoms with E-state index in [0.29, 0.717) is 17.6 Å². The predicted octanol–water partition coefficient (Wildman–Crippen LogP) is 1.91. The SMILES string of the molecule is CC1C(=O)NCCN1Cc1cccc(F)c1Br. The van der Waals surface area contributed by atoms with Gasteiger partial charge in [-0.05, 0) is 34.5 Å². The van der Waals surface area contributed by atoms with Gasteiger partial charge in [0.1, 0.15) is 5.82 Å². The molecule has 1 aromatic carbocycles. The van der Waals surface area contributed by atoms with Crippen molar-refractivity contribution < 1.29 is 9.18 Å². The first-order valence-corrected chi connectivity index (χ1v) is 6.33. The number of hydrogen-bond donors (Lipinski definition) is 1. The van der Waals surface area contributed by atoms with E-state index >= 15 is 0 Å². The third kappa shape index (κ3) is 2.66. The number of nitrogens with one attached hydrogen (secondary N) is 1. The van der Waals surface area contributed by atoms with Crippen LogP contribution in [0.3, 0.4) is 0 Å². The molecule has 2 rings (SSSR count). The average Bonchev–Trinajstić information content (AvgIpc) is 2.31. The smallest absolute Gasteiger partial charge is 0.237 e. The van der Waals surface area contributed by atoms with Crippen molar-refractivity contribution >= 4 is 21.8 Å². The van der Waals surface area contributed by atoms with Crippen LogP contribution in [0.1, 0.15) is 12.5 Å². The first kappa shape index (κ1) is 12.5. The van der Waals surface area contributed by atoms with Gasteiger partial charge in [0.2, 0.25) is 5.91 Å². The van der Waals surface area contributed by atoms with E-state index < -0.39 is 0 Å². The molecule has 0 spiro atoms. The fourth-order valence-electron chi connectivity index (χ4n) is 1.94. The van der Waals surface area contributed by atoms with Crippen LogP contribution in [0, 0.1) is 5.82 Å². The Labute approximate surface area is 108 Å². The van der Waals surface area contributed by atoms with Crippen molar-refractivity contribution in [2.45, 2.75) is 19.5 Å². The molecule has 1 heterocycles. The van der Waals surface area contributed by atoms with Crippen molar-refractivity contribution in [3.05, 3.63) is 34.1 Å². The number of hydrogen-bond acceptors (Lipinski definition) is 2. The minimum absolute atomic E-state index is 0.0313. The Kier molecular flexibility index (Phi) is 3.79. The van der Waals surface area contributed by atoms with Gasteiger partial charge in [-0.3, -0.25) is 9.69 Å². The molecule has 0 aliphatic carbocycles. The number of halogens is 2. The summed E-state index contributed by atoms with van der Waals surface area (Å²) in [4.78, 5) is 13.5. The fourth-order valence-corrected chi connectivity index (χ4v) is 2.32. The molecule has 0 radical (unpaired) electrons. The highest BCUT2D eigenvalue weighted by molar-refractivity contribution is 9.10. The molecule has 0 aromatic heterocycles. The third-order valence-corrected chi connectivity index (χ3v) is 3.92. The molecular formula is C12H14BrFN2O. The number of rotatable bonds is 2. The van der Waals surface area contributed by atoms with Crippen LogP contribution in [-0.2, 0) is 11.3 Å². The lowest BCUT2D eigenvalue weighted by atomic mass is 10.1. The summed E-state index contributed by atoms with van der Waals surface area (Å²) in [6.07, 6.45) is 0. The molecule has 0 bridgehead atoms. The number of carbonyl (C=O) groups excluding carboxylic acids is 1. The zero-order valence-corrected chi connectivity index (χ0v) is 11.1. The molecule has 1 aliphatic heterocycles. The summed E-state index contributed by atoms with van der Waals surface area (Å²) >= 11 is 3.24. The lowest BCUT2D eigenvalue weighted by Crippen LogP contribution is -2.53. The maximum Gasteiger partial charge on any atom is 0.237 e. The van der Waals surface area contributed by atoms with Gasteiger partial charge in [-0.2, -0.15) is 0 Å². The molecule has 1 atom stereocenters. The molecule has 92 valence electrons. The summed E-state index contributed by atoms with van der Waals surface area (Å²) in [5.41, 5.74) is 0.867. The lowest BCUT2D eigenvalue weighted by Gasteiger charge is -2.32. The van der Waals surface area contributed by atoms with E-state index in [1.165, 1.54) is 6.07 Å². The second kappa shape index (κ2) is 5.14. The summed E-state index contributed by atoms with van der Waals surface area (Å²) < 4.78 is 13.8. The quantitative estimate of drug-likeness (QED) is 0.905. The van der Waals surface area contributed by atoms with E-state index in [4.69, 9.17) is 0 Å². The minimum Gasteiger partial charge on any atom is -0.353 e. The molecule has 3 nitrogen and oxygen atoms in total. The van der Waals surface area contributed by atoms with Crippen molar-refractivity contribution in [3.8, 4) is 0 Å². The van der Waals surface area contributed by atoms with Crippen molar-refractivity contribution in [1.29, 1.82) is 0 Å². The zero-order valence-electron chi connectivity index (χ0n) is 9.54. The van der Waals surface area contributed by atoms with Crippen molar-refractivity contribution in [2.75, 3.05) is 13.1 Å². The van der Waals surface area contributed by atoms with Crippen molar-refractivity contribution in [3.63, 3.8) is 0 Å². The number of piperazine rings is 1. The Bertz CT molecular complexity index is 439. The van der Waals surface area contributed by atoms with E-state index in [2.05, 4.69) is 21.2 Å². The van der Waals surface area contributed by atoms with Crippen LogP contribution in [0.15, 0.2) is 22.7 Å². The zero-order chi connectivity index (χ0) is 12.4. The Balaban J connectivity index is 2.15. The monoisotopic (exact) mass is 300 g/mol. The van der Waals surface area contributed by atoms with E-state index in [1.54, 1.807) is 6.07 Å². The molecule has 1 aliphatic rings. The molecule has 1 saturated heterocycles. The first-order valence-electron chi connectivity index (χ1n) is 5.54. The van der Waals surface area contributed by atoms with Gasteiger partial charge in [-0.25, -0.2) is 4.39 Å². The highest BCUT2D eigenvalue weighted by Gasteiger charge is 2.25. The lowest BCUT2D eigenvalue weighted by molar-refractivity contribution is -0.128. The standard InChI is InChI=1S/C12H14BrFN2O/c1-8-12(17)15-5-6-16(8)7-9-3-2-4-10(14)11(9)13/h2-4,8H,5-7H2,1H3,(H,15,17). The van der Waals surface area contributed by atoms with Gasteiger partial charge in [-0.15, -0.1) is 0 Å². The highest BCUT2D eigenvalue weighted by Crippen LogP contribution is 2.22. The maximum atomic E-state index is 13.4. The Morgan fingerprint density at radius 1 is 1.59 bits per heavy atom. The Morgan fingerprint density at radius 3 is 3.12 bits per heavy atom. The van der Waals surface area contributed by atoms with Gasteiger partial charge >= 0.3 is 0 Å². The van der Waals surface area contributed by atoms with Gasteiger partial charge < -0.3 is 5.32 Å². The number of benzene rings is 1. The molecular weight excluding hydrogens is 287 g/mol. The van der Waals surface area contributed by atoms with Gasteiger partial charge in [0.25, 0.3) is 0 Å². The summed E-state index contributed by atoms with van der Waals surface area (Å²) in [6, 6.07) is 4.80. The number of amides is 1. The van der Waals surface area contributed by atoms with Gasteiger partial charge in [0, 0.05) is 19.6 Å². The van der Waals surface area contributed by atoms with E-state index in [9.17, 15) is 9.18 Å². The molecule has 1 aromatic rings. The summed E-state index contributed by atoms with van der Waals surface area (Å²) in [7, 11) is 0. The van der Waals surface area contributed by atoms with E-state index in [-0.39, 0.29) is 17.8 Å². The van der Waals surface area contributed by atoms with Crippen LogP contribution < -0.4 is 5.32 Å². The largest absolute Gasteiger partial charge is 0.353 e. The second-order valence-corrected chi connectivity index (χ2v) is 4.94. The van der Waals surface area contributed by atoms with E-state index in [0.717, 1.165) is 12.1 Å². The minimum atomic E-state index is -0.267. The number of carbonyl (C=O) groups is 1. The topological polar surface area (TPSA) is 32.3 Å². The fraction of sp³-hybridized carbons (Fsp3) is 0.417. The van der Waals surface area contributed by atoms with Crippen LogP contribution >= 0.6 is 15.9 Å². The molecule has 1 fully saturated rings. The highest BCUT2D eigenvalue weighted by atomic mass is 79.9.